The molecule has 1 aliphatic heterocycles. The SMILES string of the molecule is O=S(=O)(NCc1ccc(S(=O)(=O)N2CCCCC2)cc1)c1cc(F)ccc1Cl. The second-order valence-electron chi connectivity index (χ2n) is 6.51. The third-order valence-corrected chi connectivity index (χ3v) is 8.32. The lowest BCUT2D eigenvalue weighted by Crippen LogP contribution is -2.35. The summed E-state index contributed by atoms with van der Waals surface area (Å²) in [4.78, 5) is -0.173. The molecule has 1 aliphatic rings. The van der Waals surface area contributed by atoms with Crippen molar-refractivity contribution in [3.8, 4) is 0 Å². The quantitative estimate of drug-likeness (QED) is 0.738. The molecule has 0 aromatic heterocycles. The second-order valence-corrected chi connectivity index (χ2v) is 10.6. The van der Waals surface area contributed by atoms with Gasteiger partial charge >= 0.3 is 0 Å². The number of hydrogen-bond donors (Lipinski definition) is 1. The molecule has 6 nitrogen and oxygen atoms in total. The largest absolute Gasteiger partial charge is 0.243 e. The highest BCUT2D eigenvalue weighted by Gasteiger charge is 2.25. The van der Waals surface area contributed by atoms with E-state index in [1.807, 2.05) is 0 Å². The minimum Gasteiger partial charge on any atom is -0.207 e. The van der Waals surface area contributed by atoms with Crippen molar-refractivity contribution in [3.05, 3.63) is 58.9 Å². The highest BCUT2D eigenvalue weighted by molar-refractivity contribution is 7.89. The predicted octanol–water partition coefficient (Wildman–Crippen LogP) is 3.13. The normalized spacial score (nSPS) is 16.2. The van der Waals surface area contributed by atoms with Crippen LogP contribution in [0.3, 0.4) is 0 Å². The number of nitrogens with zero attached hydrogens (tertiary/aromatic N) is 1. The smallest absolute Gasteiger partial charge is 0.207 e. The van der Waals surface area contributed by atoms with E-state index < -0.39 is 25.9 Å². The first-order valence-corrected chi connectivity index (χ1v) is 12.0. The minimum absolute atomic E-state index is 0.0841. The Kier molecular flexibility index (Phi) is 6.41. The van der Waals surface area contributed by atoms with Gasteiger partial charge in [-0.1, -0.05) is 30.2 Å². The number of nitrogens with one attached hydrogen (secondary N) is 1. The van der Waals surface area contributed by atoms with E-state index >= 15 is 0 Å². The van der Waals surface area contributed by atoms with E-state index in [4.69, 9.17) is 11.6 Å². The monoisotopic (exact) mass is 446 g/mol. The van der Waals surface area contributed by atoms with Crippen LogP contribution < -0.4 is 4.72 Å². The molecule has 0 amide bonds. The van der Waals surface area contributed by atoms with Crippen LogP contribution in [0.4, 0.5) is 4.39 Å². The van der Waals surface area contributed by atoms with Crippen LogP contribution in [0, 0.1) is 5.82 Å². The highest BCUT2D eigenvalue weighted by atomic mass is 35.5. The summed E-state index contributed by atoms with van der Waals surface area (Å²) in [6.45, 7) is 0.940. The van der Waals surface area contributed by atoms with Crippen LogP contribution in [-0.2, 0) is 26.6 Å². The Bertz CT molecular complexity index is 1050. The molecule has 1 heterocycles. The number of piperidine rings is 1. The summed E-state index contributed by atoms with van der Waals surface area (Å²) < 4.78 is 67.1. The summed E-state index contributed by atoms with van der Waals surface area (Å²) in [5, 5.41) is -0.0862. The molecule has 1 saturated heterocycles. The Morgan fingerprint density at radius 2 is 1.61 bits per heavy atom. The van der Waals surface area contributed by atoms with Gasteiger partial charge in [0.1, 0.15) is 10.7 Å². The lowest BCUT2D eigenvalue weighted by Gasteiger charge is -2.25. The second kappa shape index (κ2) is 8.46. The van der Waals surface area contributed by atoms with E-state index in [1.54, 1.807) is 12.1 Å². The van der Waals surface area contributed by atoms with Crippen molar-refractivity contribution in [2.24, 2.45) is 0 Å². The van der Waals surface area contributed by atoms with Crippen LogP contribution in [0.25, 0.3) is 0 Å². The Hall–Kier alpha value is -1.52. The Labute approximate surface area is 169 Å². The highest BCUT2D eigenvalue weighted by Crippen LogP contribution is 2.23. The van der Waals surface area contributed by atoms with E-state index in [9.17, 15) is 21.2 Å². The minimum atomic E-state index is -4.02. The van der Waals surface area contributed by atoms with Gasteiger partial charge in [-0.2, -0.15) is 4.31 Å². The van der Waals surface area contributed by atoms with Crippen LogP contribution >= 0.6 is 11.6 Å². The molecule has 0 unspecified atom stereocenters. The van der Waals surface area contributed by atoms with Crippen LogP contribution in [0.5, 0.6) is 0 Å². The fourth-order valence-electron chi connectivity index (χ4n) is 2.97. The molecule has 0 radical (unpaired) electrons. The van der Waals surface area contributed by atoms with Crippen molar-refractivity contribution in [2.75, 3.05) is 13.1 Å². The molecule has 3 rings (SSSR count). The van der Waals surface area contributed by atoms with Crippen LogP contribution in [0.2, 0.25) is 5.02 Å². The zero-order chi connectivity index (χ0) is 20.4. The van der Waals surface area contributed by atoms with Gasteiger partial charge in [-0.15, -0.1) is 0 Å². The van der Waals surface area contributed by atoms with Crippen LogP contribution in [-0.4, -0.2) is 34.2 Å². The third kappa shape index (κ3) is 4.72. The van der Waals surface area contributed by atoms with Crippen LogP contribution in [0.1, 0.15) is 24.8 Å². The first-order valence-electron chi connectivity index (χ1n) is 8.74. The topological polar surface area (TPSA) is 83.5 Å². The summed E-state index contributed by atoms with van der Waals surface area (Å²) in [7, 11) is -7.56. The van der Waals surface area contributed by atoms with Gasteiger partial charge in [0.25, 0.3) is 0 Å². The zero-order valence-electron chi connectivity index (χ0n) is 14.9. The van der Waals surface area contributed by atoms with Gasteiger partial charge in [-0.05, 0) is 48.7 Å². The lowest BCUT2D eigenvalue weighted by atomic mass is 10.2. The van der Waals surface area contributed by atoms with E-state index in [0.717, 1.165) is 31.4 Å². The third-order valence-electron chi connectivity index (χ3n) is 4.53. The summed E-state index contributed by atoms with van der Waals surface area (Å²) >= 11 is 5.85. The van der Waals surface area contributed by atoms with E-state index in [-0.39, 0.29) is 21.4 Å². The number of hydrogen-bond acceptors (Lipinski definition) is 4. The number of rotatable bonds is 6. The predicted molar refractivity (Wildman–Crippen MR) is 104 cm³/mol. The molecule has 0 saturated carbocycles. The van der Waals surface area contributed by atoms with Crippen molar-refractivity contribution in [3.63, 3.8) is 0 Å². The van der Waals surface area contributed by atoms with E-state index in [1.165, 1.54) is 22.5 Å². The van der Waals surface area contributed by atoms with Crippen molar-refractivity contribution in [2.45, 2.75) is 35.6 Å². The maximum atomic E-state index is 13.3. The molecule has 0 aliphatic carbocycles. The maximum absolute atomic E-state index is 13.3. The summed E-state index contributed by atoms with van der Waals surface area (Å²) in [5.74, 6) is -0.711. The van der Waals surface area contributed by atoms with Crippen LogP contribution in [0.15, 0.2) is 52.3 Å². The Morgan fingerprint density at radius 1 is 0.964 bits per heavy atom. The first kappa shape index (κ1) is 21.2. The van der Waals surface area contributed by atoms with Crippen molar-refractivity contribution >= 4 is 31.6 Å². The average Bonchev–Trinajstić information content (AvgIpc) is 2.69. The fourth-order valence-corrected chi connectivity index (χ4v) is 6.02. The molecule has 0 bridgehead atoms. The van der Waals surface area contributed by atoms with Gasteiger partial charge in [0.15, 0.2) is 0 Å². The molecule has 2 aromatic rings. The molecule has 1 fully saturated rings. The van der Waals surface area contributed by atoms with Crippen molar-refractivity contribution in [1.82, 2.24) is 9.03 Å². The standard InChI is InChI=1S/C18H20ClFN2O4S2/c19-17-9-6-15(20)12-18(17)27(23,24)21-13-14-4-7-16(8-5-14)28(25,26)22-10-2-1-3-11-22/h4-9,12,21H,1-3,10-11,13H2. The lowest BCUT2D eigenvalue weighted by molar-refractivity contribution is 0.346. The Morgan fingerprint density at radius 3 is 2.25 bits per heavy atom. The number of halogens is 2. The van der Waals surface area contributed by atoms with Gasteiger partial charge in [0.05, 0.1) is 9.92 Å². The summed E-state index contributed by atoms with van der Waals surface area (Å²) in [6.07, 6.45) is 2.73. The van der Waals surface area contributed by atoms with E-state index in [0.29, 0.717) is 18.7 Å². The first-order chi connectivity index (χ1) is 13.2. The summed E-state index contributed by atoms with van der Waals surface area (Å²) in [6, 6.07) is 9.11. The summed E-state index contributed by atoms with van der Waals surface area (Å²) in [5.41, 5.74) is 0.564. The molecular formula is C18H20ClFN2O4S2. The van der Waals surface area contributed by atoms with Crippen molar-refractivity contribution in [1.29, 1.82) is 0 Å². The van der Waals surface area contributed by atoms with Gasteiger partial charge in [0.2, 0.25) is 20.0 Å². The van der Waals surface area contributed by atoms with Gasteiger partial charge in [0, 0.05) is 19.6 Å². The molecule has 0 spiro atoms. The van der Waals surface area contributed by atoms with Crippen molar-refractivity contribution < 1.29 is 21.2 Å². The molecular weight excluding hydrogens is 427 g/mol. The molecule has 152 valence electrons. The van der Waals surface area contributed by atoms with E-state index in [2.05, 4.69) is 4.72 Å². The number of sulfonamides is 2. The number of benzene rings is 2. The van der Waals surface area contributed by atoms with Gasteiger partial charge in [-0.3, -0.25) is 0 Å². The average molecular weight is 447 g/mol. The molecule has 1 N–H and O–H groups in total. The molecule has 10 heteroatoms. The molecule has 28 heavy (non-hydrogen) atoms. The fraction of sp³-hybridized carbons (Fsp3) is 0.333. The molecule has 2 aromatic carbocycles. The molecule has 0 atom stereocenters. The van der Waals surface area contributed by atoms with Gasteiger partial charge < -0.3 is 0 Å². The Balaban J connectivity index is 1.71. The maximum Gasteiger partial charge on any atom is 0.243 e. The van der Waals surface area contributed by atoms with Gasteiger partial charge in [-0.25, -0.2) is 25.9 Å². The zero-order valence-corrected chi connectivity index (χ0v) is 17.3.